The van der Waals surface area contributed by atoms with Gasteiger partial charge in [0.05, 0.1) is 17.6 Å². The highest BCUT2D eigenvalue weighted by Crippen LogP contribution is 2.16. The second-order valence-electron chi connectivity index (χ2n) is 5.97. The number of Topliss-reactive ketones (excluding diaryl/α,β-unsaturated/α-hetero) is 1. The van der Waals surface area contributed by atoms with Crippen molar-refractivity contribution < 1.29 is 19.1 Å². The molecule has 1 atom stereocenters. The fraction of sp³-hybridized carbons (Fsp3) is 0.0952. The number of methoxy groups -OCH3 is 1. The van der Waals surface area contributed by atoms with Crippen LogP contribution in [0.4, 0.5) is 5.69 Å². The largest absolute Gasteiger partial charge is 0.465 e. The second kappa shape index (κ2) is 9.36. The van der Waals surface area contributed by atoms with Gasteiger partial charge in [0, 0.05) is 16.3 Å². The number of carbonyl (C=O) groups is 3. The minimum atomic E-state index is -0.999. The van der Waals surface area contributed by atoms with E-state index in [0.29, 0.717) is 26.7 Å². The van der Waals surface area contributed by atoms with E-state index in [1.165, 1.54) is 18.4 Å². The molecule has 8 heteroatoms. The number of halogens is 1. The summed E-state index contributed by atoms with van der Waals surface area (Å²) < 4.78 is 4.68. The topological polar surface area (TPSA) is 84.5 Å². The van der Waals surface area contributed by atoms with Crippen LogP contribution in [0.2, 0.25) is 5.02 Å². The van der Waals surface area contributed by atoms with Crippen LogP contribution in [0, 0.1) is 0 Å². The van der Waals surface area contributed by atoms with E-state index in [2.05, 4.69) is 15.4 Å². The third kappa shape index (κ3) is 5.22. The maximum absolute atomic E-state index is 12.9. The third-order valence-electron chi connectivity index (χ3n) is 4.03. The number of thiophene rings is 1. The molecule has 2 aromatic carbocycles. The van der Waals surface area contributed by atoms with Gasteiger partial charge < -0.3 is 15.4 Å². The van der Waals surface area contributed by atoms with Gasteiger partial charge in [-0.3, -0.25) is 9.59 Å². The van der Waals surface area contributed by atoms with Crippen LogP contribution in [0.5, 0.6) is 0 Å². The zero-order valence-electron chi connectivity index (χ0n) is 15.3. The molecule has 148 valence electrons. The number of amides is 1. The third-order valence-corrected chi connectivity index (χ3v) is 5.16. The minimum Gasteiger partial charge on any atom is -0.465 e. The van der Waals surface area contributed by atoms with Gasteiger partial charge in [-0.05, 0) is 60.0 Å². The molecule has 3 rings (SSSR count). The van der Waals surface area contributed by atoms with E-state index in [4.69, 9.17) is 11.6 Å². The molecule has 0 aliphatic carbocycles. The molecular weight excluding hydrogens is 412 g/mol. The molecule has 0 aliphatic heterocycles. The standard InChI is InChI=1S/C21H17ClN2O4S/c1-28-21(27)14-6-10-16(11-7-14)23-19(18(25)17-3-2-12-29-17)24-20(26)13-4-8-15(22)9-5-13/h2-12,19,23H,1H3,(H,24,26)/t19-/m0/s1. The fourth-order valence-electron chi connectivity index (χ4n) is 2.53. The van der Waals surface area contributed by atoms with Crippen LogP contribution in [0.3, 0.4) is 0 Å². The molecule has 2 N–H and O–H groups in total. The van der Waals surface area contributed by atoms with Crippen molar-refractivity contribution >= 4 is 46.3 Å². The summed E-state index contributed by atoms with van der Waals surface area (Å²) in [6.45, 7) is 0. The number of hydrogen-bond donors (Lipinski definition) is 2. The van der Waals surface area contributed by atoms with E-state index in [1.807, 2.05) is 0 Å². The van der Waals surface area contributed by atoms with Crippen molar-refractivity contribution in [3.63, 3.8) is 0 Å². The minimum absolute atomic E-state index is 0.278. The Morgan fingerprint density at radius 2 is 1.62 bits per heavy atom. The molecule has 1 aromatic heterocycles. The maximum atomic E-state index is 12.9. The van der Waals surface area contributed by atoms with Gasteiger partial charge in [0.2, 0.25) is 5.78 Å². The Labute approximate surface area is 176 Å². The number of carbonyl (C=O) groups excluding carboxylic acids is 3. The second-order valence-corrected chi connectivity index (χ2v) is 7.35. The average Bonchev–Trinajstić information content (AvgIpc) is 3.28. The molecule has 0 fully saturated rings. The predicted molar refractivity (Wildman–Crippen MR) is 113 cm³/mol. The van der Waals surface area contributed by atoms with Crippen molar-refractivity contribution in [1.29, 1.82) is 0 Å². The summed E-state index contributed by atoms with van der Waals surface area (Å²) in [7, 11) is 1.30. The zero-order valence-corrected chi connectivity index (χ0v) is 16.9. The first-order chi connectivity index (χ1) is 14.0. The number of benzene rings is 2. The van der Waals surface area contributed by atoms with E-state index >= 15 is 0 Å². The molecule has 0 spiro atoms. The highest BCUT2D eigenvalue weighted by Gasteiger charge is 2.23. The SMILES string of the molecule is COC(=O)c1ccc(N[C@@H](NC(=O)c2ccc(Cl)cc2)C(=O)c2cccs2)cc1. The monoisotopic (exact) mass is 428 g/mol. The lowest BCUT2D eigenvalue weighted by Crippen LogP contribution is -2.46. The summed E-state index contributed by atoms with van der Waals surface area (Å²) in [5.74, 6) is -1.16. The molecule has 0 saturated carbocycles. The highest BCUT2D eigenvalue weighted by molar-refractivity contribution is 7.12. The Hall–Kier alpha value is -3.16. The van der Waals surface area contributed by atoms with E-state index < -0.39 is 18.0 Å². The lowest BCUT2D eigenvalue weighted by atomic mass is 10.1. The zero-order chi connectivity index (χ0) is 20.8. The molecule has 29 heavy (non-hydrogen) atoms. The Kier molecular flexibility index (Phi) is 6.64. The molecule has 0 radical (unpaired) electrons. The molecule has 3 aromatic rings. The van der Waals surface area contributed by atoms with Gasteiger partial charge in [-0.25, -0.2) is 4.79 Å². The first-order valence-electron chi connectivity index (χ1n) is 8.57. The van der Waals surface area contributed by atoms with Gasteiger partial charge in [0.1, 0.15) is 0 Å². The number of ether oxygens (including phenoxy) is 1. The molecule has 1 amide bonds. The van der Waals surface area contributed by atoms with Crippen LogP contribution in [0.1, 0.15) is 30.4 Å². The van der Waals surface area contributed by atoms with Gasteiger partial charge in [0.25, 0.3) is 5.91 Å². The van der Waals surface area contributed by atoms with Gasteiger partial charge in [-0.2, -0.15) is 0 Å². The number of hydrogen-bond acceptors (Lipinski definition) is 6. The summed E-state index contributed by atoms with van der Waals surface area (Å²) in [5, 5.41) is 8.02. The number of anilines is 1. The van der Waals surface area contributed by atoms with E-state index in [9.17, 15) is 14.4 Å². The van der Waals surface area contributed by atoms with Gasteiger partial charge in [0.15, 0.2) is 6.17 Å². The molecule has 0 bridgehead atoms. The summed E-state index contributed by atoms with van der Waals surface area (Å²) in [6, 6.07) is 16.2. The molecule has 0 aliphatic rings. The van der Waals surface area contributed by atoms with E-state index in [1.54, 1.807) is 66.0 Å². The summed E-state index contributed by atoms with van der Waals surface area (Å²) in [6.07, 6.45) is -0.999. The van der Waals surface area contributed by atoms with E-state index in [-0.39, 0.29) is 5.78 Å². The summed E-state index contributed by atoms with van der Waals surface area (Å²) in [5.41, 5.74) is 1.31. The molecular formula is C21H17ClN2O4S. The van der Waals surface area contributed by atoms with Crippen LogP contribution in [0.15, 0.2) is 66.0 Å². The number of ketones is 1. The first-order valence-corrected chi connectivity index (χ1v) is 9.83. The first kappa shape index (κ1) is 20.6. The predicted octanol–water partition coefficient (Wildman–Crippen LogP) is 4.24. The van der Waals surface area contributed by atoms with Gasteiger partial charge in [-0.15, -0.1) is 11.3 Å². The number of esters is 1. The van der Waals surface area contributed by atoms with Crippen LogP contribution < -0.4 is 10.6 Å². The Balaban J connectivity index is 1.81. The van der Waals surface area contributed by atoms with E-state index in [0.717, 1.165) is 0 Å². The Morgan fingerprint density at radius 1 is 0.966 bits per heavy atom. The maximum Gasteiger partial charge on any atom is 0.337 e. The lowest BCUT2D eigenvalue weighted by Gasteiger charge is -2.20. The summed E-state index contributed by atoms with van der Waals surface area (Å²) >= 11 is 7.15. The average molecular weight is 429 g/mol. The Morgan fingerprint density at radius 3 is 2.21 bits per heavy atom. The summed E-state index contributed by atoms with van der Waals surface area (Å²) in [4.78, 5) is 37.6. The van der Waals surface area contributed by atoms with Crippen molar-refractivity contribution in [2.24, 2.45) is 0 Å². The van der Waals surface area contributed by atoms with Crippen molar-refractivity contribution in [3.8, 4) is 0 Å². The molecule has 6 nitrogen and oxygen atoms in total. The van der Waals surface area contributed by atoms with Crippen LogP contribution >= 0.6 is 22.9 Å². The molecule has 0 unspecified atom stereocenters. The van der Waals surface area contributed by atoms with Gasteiger partial charge >= 0.3 is 5.97 Å². The molecule has 0 saturated heterocycles. The number of nitrogens with one attached hydrogen (secondary N) is 2. The molecule has 1 heterocycles. The van der Waals surface area contributed by atoms with Crippen LogP contribution in [0.25, 0.3) is 0 Å². The highest BCUT2D eigenvalue weighted by atomic mass is 35.5. The smallest absolute Gasteiger partial charge is 0.337 e. The fourth-order valence-corrected chi connectivity index (χ4v) is 3.35. The normalized spacial score (nSPS) is 11.4. The van der Waals surface area contributed by atoms with Gasteiger partial charge in [-0.1, -0.05) is 17.7 Å². The quantitative estimate of drug-likeness (QED) is 0.334. The lowest BCUT2D eigenvalue weighted by molar-refractivity contribution is 0.0600. The Bertz CT molecular complexity index is 1000. The van der Waals surface area contributed by atoms with Crippen LogP contribution in [-0.2, 0) is 4.74 Å². The van der Waals surface area contributed by atoms with Crippen molar-refractivity contribution in [3.05, 3.63) is 87.1 Å². The van der Waals surface area contributed by atoms with Crippen molar-refractivity contribution in [1.82, 2.24) is 5.32 Å². The number of rotatable bonds is 7. The van der Waals surface area contributed by atoms with Crippen LogP contribution in [-0.4, -0.2) is 30.9 Å². The van der Waals surface area contributed by atoms with Crippen molar-refractivity contribution in [2.75, 3.05) is 12.4 Å². The van der Waals surface area contributed by atoms with Crippen molar-refractivity contribution in [2.45, 2.75) is 6.17 Å².